The zero-order valence-corrected chi connectivity index (χ0v) is 26.2. The number of nitrogens with zero attached hydrogens (tertiary/aromatic N) is 5. The monoisotopic (exact) mass is 582 g/mol. The molecule has 2 amide bonds. The first-order valence-electron chi connectivity index (χ1n) is 14.9. The summed E-state index contributed by atoms with van der Waals surface area (Å²) in [6.07, 6.45) is 1.29. The number of hydrogen-bond donors (Lipinski definition) is 3. The summed E-state index contributed by atoms with van der Waals surface area (Å²) in [4.78, 5) is 32.2. The van der Waals surface area contributed by atoms with E-state index in [-0.39, 0.29) is 24.0 Å². The molecule has 1 aromatic carbocycles. The molecule has 1 aliphatic rings. The molecule has 1 saturated heterocycles. The minimum Gasteiger partial charge on any atom is -0.444 e. The molecule has 2 aromatic heterocycles. The van der Waals surface area contributed by atoms with Crippen molar-refractivity contribution in [1.82, 2.24) is 30.2 Å². The Labute approximate surface area is 247 Å². The highest BCUT2D eigenvalue weighted by Crippen LogP contribution is 2.27. The summed E-state index contributed by atoms with van der Waals surface area (Å²) >= 11 is 0. The van der Waals surface area contributed by atoms with Gasteiger partial charge in [0.1, 0.15) is 17.5 Å². The summed E-state index contributed by atoms with van der Waals surface area (Å²) in [7, 11) is 0. The van der Waals surface area contributed by atoms with Crippen molar-refractivity contribution in [3.63, 3.8) is 0 Å². The second-order valence-corrected chi connectivity index (χ2v) is 12.5. The van der Waals surface area contributed by atoms with Crippen LogP contribution >= 0.6 is 0 Å². The molecular weight excluding hydrogens is 536 g/mol. The topological polar surface area (TPSA) is 135 Å². The van der Waals surface area contributed by atoms with Crippen LogP contribution in [0.2, 0.25) is 0 Å². The van der Waals surface area contributed by atoms with Gasteiger partial charge in [0, 0.05) is 31.9 Å². The summed E-state index contributed by atoms with van der Waals surface area (Å²) in [6.45, 7) is 18.1. The number of aromatic nitrogens is 4. The van der Waals surface area contributed by atoms with Crippen LogP contribution in [-0.2, 0) is 14.3 Å². The van der Waals surface area contributed by atoms with E-state index in [9.17, 15) is 9.59 Å². The van der Waals surface area contributed by atoms with Crippen LogP contribution in [0.5, 0.6) is 0 Å². The van der Waals surface area contributed by atoms with Gasteiger partial charge in [-0.1, -0.05) is 13.8 Å². The van der Waals surface area contributed by atoms with Crippen LogP contribution < -0.4 is 20.9 Å². The van der Waals surface area contributed by atoms with E-state index in [1.807, 2.05) is 25.2 Å². The van der Waals surface area contributed by atoms with Gasteiger partial charge in [0.15, 0.2) is 5.82 Å². The van der Waals surface area contributed by atoms with Gasteiger partial charge in [-0.05, 0) is 78.5 Å². The lowest BCUT2D eigenvalue weighted by Crippen LogP contribution is -2.51. The van der Waals surface area contributed by atoms with Crippen molar-refractivity contribution in [2.45, 2.75) is 92.1 Å². The van der Waals surface area contributed by atoms with Gasteiger partial charge in [0.05, 0.1) is 23.2 Å². The minimum absolute atomic E-state index is 0.0808. The number of amides is 2. The van der Waals surface area contributed by atoms with Crippen molar-refractivity contribution in [3.05, 3.63) is 24.0 Å². The number of hydrogen-bond acceptors (Lipinski definition) is 9. The number of fused-ring (bicyclic) bond motifs is 3. The SMILES string of the molecule is Cc1nnc2c(NCCCCNC(=O)C(NC(=O)OC(C)(C)C)C(C)C)nc3cc(N4CC(C)OC(C)C4)ccc3n12. The number of unbranched alkanes of at least 4 members (excludes halogenated alkanes) is 1. The number of anilines is 2. The second kappa shape index (κ2) is 13.1. The molecule has 0 spiro atoms. The molecule has 4 rings (SSSR count). The largest absolute Gasteiger partial charge is 0.444 e. The van der Waals surface area contributed by atoms with E-state index in [4.69, 9.17) is 14.5 Å². The minimum atomic E-state index is -0.669. The normalized spacial score (nSPS) is 18.4. The number of carbonyl (C=O) groups excluding carboxylic acids is 2. The molecule has 230 valence electrons. The van der Waals surface area contributed by atoms with Crippen LogP contribution in [0.1, 0.15) is 67.1 Å². The zero-order chi connectivity index (χ0) is 30.6. The highest BCUT2D eigenvalue weighted by atomic mass is 16.6. The standard InChI is InChI=1S/C30H46N8O4/c1-18(2)25(34-29(40)42-30(6,7)8)28(39)32-14-10-9-13-31-26-27-36-35-21(5)38(27)24-12-11-22(15-23(24)33-26)37-16-19(3)41-20(4)17-37/h11-12,15,18-20,25H,9-10,13-14,16-17H2,1-8H3,(H,31,33)(H,32,39)(H,34,40). The Balaban J connectivity index is 1.35. The lowest BCUT2D eigenvalue weighted by molar-refractivity contribution is -0.124. The van der Waals surface area contributed by atoms with E-state index in [1.54, 1.807) is 20.8 Å². The number of rotatable bonds is 10. The van der Waals surface area contributed by atoms with Gasteiger partial charge in [-0.2, -0.15) is 0 Å². The van der Waals surface area contributed by atoms with E-state index in [0.717, 1.165) is 48.5 Å². The third-order valence-corrected chi connectivity index (χ3v) is 7.07. The van der Waals surface area contributed by atoms with Crippen LogP contribution in [-0.4, -0.2) is 81.6 Å². The first-order valence-corrected chi connectivity index (χ1v) is 14.9. The Hall–Kier alpha value is -3.67. The van der Waals surface area contributed by atoms with Crippen LogP contribution in [0.4, 0.5) is 16.3 Å². The summed E-state index contributed by atoms with van der Waals surface area (Å²) in [5, 5.41) is 17.7. The van der Waals surface area contributed by atoms with Gasteiger partial charge in [-0.3, -0.25) is 9.20 Å². The Morgan fingerprint density at radius 1 is 1.10 bits per heavy atom. The molecular formula is C30H46N8O4. The van der Waals surface area contributed by atoms with Gasteiger partial charge in [-0.15, -0.1) is 10.2 Å². The highest BCUT2D eigenvalue weighted by molar-refractivity contribution is 5.86. The molecule has 42 heavy (non-hydrogen) atoms. The maximum absolute atomic E-state index is 12.8. The van der Waals surface area contributed by atoms with Crippen molar-refractivity contribution in [3.8, 4) is 0 Å². The van der Waals surface area contributed by atoms with Crippen LogP contribution in [0, 0.1) is 12.8 Å². The number of morpholine rings is 1. The van der Waals surface area contributed by atoms with Gasteiger partial charge in [0.2, 0.25) is 11.6 Å². The Bertz CT molecular complexity index is 1390. The molecule has 0 bridgehead atoms. The fourth-order valence-corrected chi connectivity index (χ4v) is 5.22. The Kier molecular flexibility index (Phi) is 9.75. The molecule has 3 aromatic rings. The average Bonchev–Trinajstić information content (AvgIpc) is 3.28. The molecule has 3 unspecified atom stereocenters. The molecule has 0 saturated carbocycles. The molecule has 0 radical (unpaired) electrons. The molecule has 1 fully saturated rings. The zero-order valence-electron chi connectivity index (χ0n) is 26.2. The van der Waals surface area contributed by atoms with Crippen molar-refractivity contribution in [2.24, 2.45) is 5.92 Å². The fourth-order valence-electron chi connectivity index (χ4n) is 5.22. The lowest BCUT2D eigenvalue weighted by Gasteiger charge is -2.36. The number of benzene rings is 1. The van der Waals surface area contributed by atoms with Gasteiger partial charge in [0.25, 0.3) is 0 Å². The number of aryl methyl sites for hydroxylation is 1. The van der Waals surface area contributed by atoms with E-state index in [0.29, 0.717) is 24.6 Å². The lowest BCUT2D eigenvalue weighted by atomic mass is 10.0. The van der Waals surface area contributed by atoms with Crippen molar-refractivity contribution >= 4 is 40.2 Å². The molecule has 12 nitrogen and oxygen atoms in total. The van der Waals surface area contributed by atoms with E-state index in [1.165, 1.54) is 0 Å². The maximum atomic E-state index is 12.8. The number of carbonyl (C=O) groups is 2. The fraction of sp³-hybridized carbons (Fsp3) is 0.633. The van der Waals surface area contributed by atoms with Crippen LogP contribution in [0.25, 0.3) is 16.7 Å². The second-order valence-electron chi connectivity index (χ2n) is 12.5. The maximum Gasteiger partial charge on any atom is 0.408 e. The Morgan fingerprint density at radius 3 is 2.45 bits per heavy atom. The van der Waals surface area contributed by atoms with E-state index in [2.05, 4.69) is 63.1 Å². The van der Waals surface area contributed by atoms with Crippen molar-refractivity contribution in [2.75, 3.05) is 36.4 Å². The highest BCUT2D eigenvalue weighted by Gasteiger charge is 2.27. The molecule has 3 heterocycles. The third-order valence-electron chi connectivity index (χ3n) is 7.07. The molecule has 1 aliphatic heterocycles. The van der Waals surface area contributed by atoms with Crippen molar-refractivity contribution < 1.29 is 19.1 Å². The number of alkyl carbamates (subject to hydrolysis) is 1. The smallest absolute Gasteiger partial charge is 0.408 e. The van der Waals surface area contributed by atoms with E-state index < -0.39 is 17.7 Å². The summed E-state index contributed by atoms with van der Waals surface area (Å²) in [5.41, 5.74) is 2.99. The van der Waals surface area contributed by atoms with Gasteiger partial charge >= 0.3 is 6.09 Å². The average molecular weight is 583 g/mol. The molecule has 3 atom stereocenters. The van der Waals surface area contributed by atoms with Gasteiger partial charge < -0.3 is 30.3 Å². The predicted molar refractivity (Wildman–Crippen MR) is 164 cm³/mol. The van der Waals surface area contributed by atoms with Crippen LogP contribution in [0.15, 0.2) is 18.2 Å². The first kappa shape index (κ1) is 31.3. The molecule has 3 N–H and O–H groups in total. The van der Waals surface area contributed by atoms with Crippen LogP contribution in [0.3, 0.4) is 0 Å². The van der Waals surface area contributed by atoms with Crippen molar-refractivity contribution in [1.29, 1.82) is 0 Å². The Morgan fingerprint density at radius 2 is 1.79 bits per heavy atom. The third kappa shape index (κ3) is 7.78. The number of nitrogens with one attached hydrogen (secondary N) is 3. The quantitative estimate of drug-likeness (QED) is 0.303. The van der Waals surface area contributed by atoms with Gasteiger partial charge in [-0.25, -0.2) is 9.78 Å². The first-order chi connectivity index (χ1) is 19.8. The number of ether oxygens (including phenoxy) is 2. The molecule has 12 heteroatoms. The molecule has 0 aliphatic carbocycles. The summed E-state index contributed by atoms with van der Waals surface area (Å²) < 4.78 is 13.3. The van der Waals surface area contributed by atoms with E-state index >= 15 is 0 Å². The summed E-state index contributed by atoms with van der Waals surface area (Å²) in [6, 6.07) is 5.66. The predicted octanol–water partition coefficient (Wildman–Crippen LogP) is 4.06. The summed E-state index contributed by atoms with van der Waals surface area (Å²) in [5.74, 6) is 1.17.